The Kier molecular flexibility index (Phi) is 5.88. The van der Waals surface area contributed by atoms with Gasteiger partial charge in [0.1, 0.15) is 5.82 Å². The number of hydrogen-bond acceptors (Lipinski definition) is 5. The van der Waals surface area contributed by atoms with Crippen molar-refractivity contribution in [2.24, 2.45) is 0 Å². The van der Waals surface area contributed by atoms with Crippen molar-refractivity contribution in [3.63, 3.8) is 0 Å². The predicted molar refractivity (Wildman–Crippen MR) is 99.2 cm³/mol. The second-order valence-corrected chi connectivity index (χ2v) is 8.29. The van der Waals surface area contributed by atoms with Crippen molar-refractivity contribution in [1.82, 2.24) is 14.7 Å². The summed E-state index contributed by atoms with van der Waals surface area (Å²) in [5.74, 6) is 0.629. The summed E-state index contributed by atoms with van der Waals surface area (Å²) in [6.45, 7) is 0.557. The summed E-state index contributed by atoms with van der Waals surface area (Å²) >= 11 is 5.98. The Morgan fingerprint density at radius 1 is 1.08 bits per heavy atom. The second-order valence-electron chi connectivity index (χ2n) is 6.03. The van der Waals surface area contributed by atoms with Gasteiger partial charge in [-0.3, -0.25) is 0 Å². The molecule has 0 fully saturated rings. The minimum Gasteiger partial charge on any atom is -0.369 e. The van der Waals surface area contributed by atoms with Gasteiger partial charge in [0.2, 0.25) is 15.3 Å². The Bertz CT molecular complexity index is 828. The SMILES string of the molecule is O=S(=O)(CCNc1nc(Cl)nc2c1CCCC2)NCc1ccccc1. The van der Waals surface area contributed by atoms with Crippen molar-refractivity contribution >= 4 is 27.4 Å². The van der Waals surface area contributed by atoms with E-state index in [2.05, 4.69) is 20.0 Å². The molecule has 0 bridgehead atoms. The fourth-order valence-corrected chi connectivity index (χ4v) is 3.96. The van der Waals surface area contributed by atoms with Crippen LogP contribution in [-0.4, -0.2) is 30.7 Å². The lowest BCUT2D eigenvalue weighted by atomic mass is 9.96. The molecule has 1 heterocycles. The molecular weight excluding hydrogens is 360 g/mol. The monoisotopic (exact) mass is 380 g/mol. The van der Waals surface area contributed by atoms with Gasteiger partial charge in [-0.05, 0) is 42.8 Å². The van der Waals surface area contributed by atoms with Gasteiger partial charge in [0.25, 0.3) is 0 Å². The fraction of sp³-hybridized carbons (Fsp3) is 0.412. The third-order valence-electron chi connectivity index (χ3n) is 4.16. The molecule has 1 aliphatic rings. The van der Waals surface area contributed by atoms with Crippen LogP contribution < -0.4 is 10.0 Å². The molecule has 8 heteroatoms. The average molecular weight is 381 g/mol. The Morgan fingerprint density at radius 3 is 2.64 bits per heavy atom. The van der Waals surface area contributed by atoms with E-state index in [4.69, 9.17) is 11.6 Å². The van der Waals surface area contributed by atoms with Crippen molar-refractivity contribution in [3.8, 4) is 0 Å². The molecule has 0 aliphatic heterocycles. The Hall–Kier alpha value is -1.70. The van der Waals surface area contributed by atoms with Gasteiger partial charge in [-0.1, -0.05) is 30.3 Å². The van der Waals surface area contributed by atoms with Crippen LogP contribution in [0.25, 0.3) is 0 Å². The predicted octanol–water partition coefficient (Wildman–Crippen LogP) is 2.54. The molecule has 6 nitrogen and oxygen atoms in total. The number of fused-ring (bicyclic) bond motifs is 1. The first-order valence-electron chi connectivity index (χ1n) is 8.34. The van der Waals surface area contributed by atoms with E-state index in [1.165, 1.54) is 0 Å². The summed E-state index contributed by atoms with van der Waals surface area (Å²) in [5.41, 5.74) is 2.96. The first-order valence-corrected chi connectivity index (χ1v) is 10.4. The average Bonchev–Trinajstić information content (AvgIpc) is 2.61. The van der Waals surface area contributed by atoms with E-state index in [0.717, 1.165) is 42.5 Å². The minimum absolute atomic E-state index is 0.0315. The largest absolute Gasteiger partial charge is 0.369 e. The Labute approximate surface area is 153 Å². The number of benzene rings is 1. The number of aryl methyl sites for hydroxylation is 1. The Balaban J connectivity index is 1.56. The molecule has 1 aliphatic carbocycles. The molecule has 0 unspecified atom stereocenters. The summed E-state index contributed by atoms with van der Waals surface area (Å²) in [5, 5.41) is 3.32. The maximum absolute atomic E-state index is 12.1. The number of halogens is 1. The maximum Gasteiger partial charge on any atom is 0.224 e. The molecule has 0 saturated carbocycles. The van der Waals surface area contributed by atoms with E-state index in [1.807, 2.05) is 30.3 Å². The van der Waals surface area contributed by atoms with E-state index in [0.29, 0.717) is 5.82 Å². The van der Waals surface area contributed by atoms with Crippen LogP contribution in [-0.2, 0) is 29.4 Å². The van der Waals surface area contributed by atoms with E-state index < -0.39 is 10.0 Å². The number of sulfonamides is 1. The molecule has 0 spiro atoms. The normalized spacial score (nSPS) is 14.1. The van der Waals surface area contributed by atoms with Gasteiger partial charge < -0.3 is 5.32 Å². The molecule has 25 heavy (non-hydrogen) atoms. The van der Waals surface area contributed by atoms with E-state index in [9.17, 15) is 8.42 Å². The van der Waals surface area contributed by atoms with Crippen LogP contribution in [0.4, 0.5) is 5.82 Å². The van der Waals surface area contributed by atoms with Crippen molar-refractivity contribution in [2.75, 3.05) is 17.6 Å². The highest BCUT2D eigenvalue weighted by atomic mass is 35.5. The van der Waals surface area contributed by atoms with Crippen molar-refractivity contribution < 1.29 is 8.42 Å². The smallest absolute Gasteiger partial charge is 0.224 e. The van der Waals surface area contributed by atoms with Crippen LogP contribution in [0.1, 0.15) is 29.7 Å². The molecule has 2 aromatic rings. The Morgan fingerprint density at radius 2 is 1.84 bits per heavy atom. The number of aromatic nitrogens is 2. The van der Waals surface area contributed by atoms with Gasteiger partial charge in [0, 0.05) is 18.7 Å². The molecule has 0 radical (unpaired) electrons. The van der Waals surface area contributed by atoms with E-state index in [-0.39, 0.29) is 24.1 Å². The van der Waals surface area contributed by atoms with Gasteiger partial charge in [0.05, 0.1) is 11.4 Å². The third kappa shape index (κ3) is 5.14. The summed E-state index contributed by atoms with van der Waals surface area (Å²) in [6.07, 6.45) is 3.97. The zero-order chi connectivity index (χ0) is 17.7. The van der Waals surface area contributed by atoms with Crippen molar-refractivity contribution in [2.45, 2.75) is 32.2 Å². The standard InChI is InChI=1S/C17H21ClN4O2S/c18-17-21-15-9-5-4-8-14(15)16(22-17)19-10-11-25(23,24)20-12-13-6-2-1-3-7-13/h1-3,6-7,20H,4-5,8-12H2,(H,19,21,22). The highest BCUT2D eigenvalue weighted by Crippen LogP contribution is 2.26. The zero-order valence-electron chi connectivity index (χ0n) is 13.8. The molecule has 0 saturated heterocycles. The van der Waals surface area contributed by atoms with Gasteiger partial charge in [-0.25, -0.2) is 23.1 Å². The van der Waals surface area contributed by atoms with Crippen molar-refractivity contribution in [3.05, 3.63) is 52.4 Å². The molecule has 1 aromatic heterocycles. The molecule has 3 rings (SSSR count). The maximum atomic E-state index is 12.1. The number of hydrogen-bond donors (Lipinski definition) is 2. The number of rotatable bonds is 7. The van der Waals surface area contributed by atoms with E-state index >= 15 is 0 Å². The zero-order valence-corrected chi connectivity index (χ0v) is 15.4. The fourth-order valence-electron chi connectivity index (χ4n) is 2.88. The van der Waals surface area contributed by atoms with Crippen LogP contribution >= 0.6 is 11.6 Å². The summed E-state index contributed by atoms with van der Waals surface area (Å²) in [6, 6.07) is 9.43. The number of nitrogens with zero attached hydrogens (tertiary/aromatic N) is 2. The third-order valence-corrected chi connectivity index (χ3v) is 5.65. The van der Waals surface area contributed by atoms with Gasteiger partial charge >= 0.3 is 0 Å². The molecular formula is C17H21ClN4O2S. The van der Waals surface area contributed by atoms with Gasteiger partial charge in [0.15, 0.2) is 0 Å². The second kappa shape index (κ2) is 8.12. The molecule has 134 valence electrons. The van der Waals surface area contributed by atoms with E-state index in [1.54, 1.807) is 0 Å². The summed E-state index contributed by atoms with van der Waals surface area (Å²) in [7, 11) is -3.37. The topological polar surface area (TPSA) is 84.0 Å². The highest BCUT2D eigenvalue weighted by molar-refractivity contribution is 7.89. The molecule has 0 amide bonds. The molecule has 1 aromatic carbocycles. The van der Waals surface area contributed by atoms with Crippen molar-refractivity contribution in [1.29, 1.82) is 0 Å². The first kappa shape index (κ1) is 18.1. The number of anilines is 1. The van der Waals surface area contributed by atoms with Gasteiger partial charge in [-0.2, -0.15) is 0 Å². The van der Waals surface area contributed by atoms with Crippen LogP contribution in [0.2, 0.25) is 5.28 Å². The molecule has 2 N–H and O–H groups in total. The van der Waals surface area contributed by atoms with Crippen LogP contribution in [0.3, 0.4) is 0 Å². The molecule has 0 atom stereocenters. The number of nitrogens with one attached hydrogen (secondary N) is 2. The first-order chi connectivity index (χ1) is 12.0. The quantitative estimate of drug-likeness (QED) is 0.721. The van der Waals surface area contributed by atoms with Gasteiger partial charge in [-0.15, -0.1) is 0 Å². The summed E-state index contributed by atoms with van der Waals surface area (Å²) < 4.78 is 26.9. The van der Waals surface area contributed by atoms with Crippen LogP contribution in [0.5, 0.6) is 0 Å². The lowest BCUT2D eigenvalue weighted by Gasteiger charge is -2.18. The van der Waals surface area contributed by atoms with Crippen LogP contribution in [0.15, 0.2) is 30.3 Å². The van der Waals surface area contributed by atoms with Crippen LogP contribution in [0, 0.1) is 0 Å². The lowest BCUT2D eigenvalue weighted by Crippen LogP contribution is -2.29. The minimum atomic E-state index is -3.37. The lowest BCUT2D eigenvalue weighted by molar-refractivity contribution is 0.581. The highest BCUT2D eigenvalue weighted by Gasteiger charge is 2.18. The summed E-state index contributed by atoms with van der Waals surface area (Å²) in [4.78, 5) is 8.51.